The van der Waals surface area contributed by atoms with Crippen LogP contribution in [0.1, 0.15) is 10.4 Å². The average molecular weight is 337 g/mol. The zero-order valence-corrected chi connectivity index (χ0v) is 12.1. The molecule has 1 heterocycles. The Morgan fingerprint density at radius 2 is 1.63 bits per heavy atom. The van der Waals surface area contributed by atoms with Crippen LogP contribution in [0.3, 0.4) is 0 Å². The molecule has 2 aromatic rings. The number of benzene rings is 1. The number of pyridine rings is 1. The Bertz CT molecular complexity index is 673. The van der Waals surface area contributed by atoms with Gasteiger partial charge in [0.2, 0.25) is 0 Å². The molecule has 0 unspecified atom stereocenters. The fraction of sp³-hybridized carbons (Fsp3) is 0. The van der Waals surface area contributed by atoms with Crippen molar-refractivity contribution in [2.45, 2.75) is 0 Å². The second kappa shape index (κ2) is 5.55. The van der Waals surface area contributed by atoms with E-state index in [1.54, 1.807) is 0 Å². The molecule has 0 aliphatic heterocycles. The van der Waals surface area contributed by atoms with Crippen LogP contribution in [0.4, 0.5) is 0 Å². The van der Waals surface area contributed by atoms with Crippen molar-refractivity contribution in [3.8, 4) is 11.3 Å². The van der Waals surface area contributed by atoms with E-state index in [0.717, 1.165) is 0 Å². The predicted octanol–water partition coefficient (Wildman–Crippen LogP) is 5.06. The minimum absolute atomic E-state index is 0.0407. The van der Waals surface area contributed by atoms with Crippen LogP contribution in [-0.2, 0) is 0 Å². The first-order valence-corrected chi connectivity index (χ1v) is 6.46. The van der Waals surface area contributed by atoms with Crippen molar-refractivity contribution >= 4 is 52.4 Å². The molecule has 0 fully saturated rings. The molecule has 0 saturated carbocycles. The Labute approximate surface area is 128 Å². The van der Waals surface area contributed by atoms with E-state index in [1.807, 2.05) is 0 Å². The predicted molar refractivity (Wildman–Crippen MR) is 76.7 cm³/mol. The van der Waals surface area contributed by atoms with Gasteiger partial charge in [-0.25, -0.2) is 4.79 Å². The summed E-state index contributed by atoms with van der Waals surface area (Å²) in [4.78, 5) is 15.1. The molecule has 0 spiro atoms. The number of hydrogen-bond donors (Lipinski definition) is 1. The van der Waals surface area contributed by atoms with Crippen LogP contribution >= 0.6 is 46.4 Å². The number of carboxylic acid groups (broad SMARTS) is 1. The van der Waals surface area contributed by atoms with Gasteiger partial charge in [-0.2, -0.15) is 0 Å². The topological polar surface area (TPSA) is 50.2 Å². The monoisotopic (exact) mass is 335 g/mol. The van der Waals surface area contributed by atoms with Crippen molar-refractivity contribution in [1.82, 2.24) is 4.98 Å². The zero-order valence-electron chi connectivity index (χ0n) is 9.12. The number of carboxylic acids is 1. The maximum absolute atomic E-state index is 11.0. The van der Waals surface area contributed by atoms with Crippen LogP contribution in [0.2, 0.25) is 20.1 Å². The maximum Gasteiger partial charge on any atom is 0.337 e. The second-order valence-corrected chi connectivity index (χ2v) is 5.11. The second-order valence-electron chi connectivity index (χ2n) is 3.54. The molecule has 3 nitrogen and oxygen atoms in total. The molecule has 98 valence electrons. The standard InChI is InChI=1S/C12H5Cl4NO2/c13-6-1-2-7(14)10(16)8(6)11-9(15)5(12(18)19)3-4-17-11/h1-4H,(H,18,19). The van der Waals surface area contributed by atoms with Gasteiger partial charge in [-0.05, 0) is 18.2 Å². The summed E-state index contributed by atoms with van der Waals surface area (Å²) < 4.78 is 0. The van der Waals surface area contributed by atoms with E-state index >= 15 is 0 Å². The van der Waals surface area contributed by atoms with Crippen molar-refractivity contribution in [3.05, 3.63) is 50.0 Å². The van der Waals surface area contributed by atoms with E-state index < -0.39 is 5.97 Å². The van der Waals surface area contributed by atoms with Crippen molar-refractivity contribution in [2.75, 3.05) is 0 Å². The number of aromatic carboxylic acids is 1. The van der Waals surface area contributed by atoms with Crippen LogP contribution < -0.4 is 0 Å². The molecule has 1 aromatic carbocycles. The summed E-state index contributed by atoms with van der Waals surface area (Å²) in [6, 6.07) is 4.36. The van der Waals surface area contributed by atoms with Gasteiger partial charge in [0.1, 0.15) is 0 Å². The van der Waals surface area contributed by atoms with Gasteiger partial charge in [0.25, 0.3) is 0 Å². The van der Waals surface area contributed by atoms with Crippen molar-refractivity contribution in [1.29, 1.82) is 0 Å². The van der Waals surface area contributed by atoms with Gasteiger partial charge in [0.15, 0.2) is 0 Å². The zero-order chi connectivity index (χ0) is 14.2. The van der Waals surface area contributed by atoms with Gasteiger partial charge in [-0.15, -0.1) is 0 Å². The minimum Gasteiger partial charge on any atom is -0.478 e. The molecule has 0 aliphatic rings. The summed E-state index contributed by atoms with van der Waals surface area (Å²) in [5.74, 6) is -1.16. The molecule has 0 bridgehead atoms. The Hall–Kier alpha value is -1.000. The Morgan fingerprint density at radius 3 is 2.26 bits per heavy atom. The summed E-state index contributed by atoms with van der Waals surface area (Å²) in [7, 11) is 0. The van der Waals surface area contributed by atoms with E-state index in [1.165, 1.54) is 24.4 Å². The van der Waals surface area contributed by atoms with Gasteiger partial charge in [-0.3, -0.25) is 4.98 Å². The van der Waals surface area contributed by atoms with E-state index in [4.69, 9.17) is 51.5 Å². The number of rotatable bonds is 2. The molecule has 0 aliphatic carbocycles. The number of carbonyl (C=O) groups is 1. The van der Waals surface area contributed by atoms with E-state index in [0.29, 0.717) is 5.56 Å². The van der Waals surface area contributed by atoms with Gasteiger partial charge < -0.3 is 5.11 Å². The molecule has 0 saturated heterocycles. The summed E-state index contributed by atoms with van der Waals surface area (Å²) in [6.07, 6.45) is 1.32. The van der Waals surface area contributed by atoms with Gasteiger partial charge in [0, 0.05) is 11.8 Å². The molecule has 2 rings (SSSR count). The Morgan fingerprint density at radius 1 is 1.00 bits per heavy atom. The van der Waals surface area contributed by atoms with Gasteiger partial charge >= 0.3 is 5.97 Å². The summed E-state index contributed by atoms with van der Waals surface area (Å²) in [5.41, 5.74) is 0.404. The highest BCUT2D eigenvalue weighted by molar-refractivity contribution is 6.47. The molecule has 7 heteroatoms. The normalized spacial score (nSPS) is 10.5. The molecule has 1 aromatic heterocycles. The number of hydrogen-bond acceptors (Lipinski definition) is 2. The van der Waals surface area contributed by atoms with Crippen LogP contribution in [0, 0.1) is 0 Å². The third-order valence-electron chi connectivity index (χ3n) is 2.40. The number of nitrogens with zero attached hydrogens (tertiary/aromatic N) is 1. The van der Waals surface area contributed by atoms with Crippen molar-refractivity contribution in [2.24, 2.45) is 0 Å². The average Bonchev–Trinajstić information content (AvgIpc) is 2.36. The van der Waals surface area contributed by atoms with E-state index in [9.17, 15) is 4.79 Å². The molecule has 0 atom stereocenters. The molecule has 0 amide bonds. The highest BCUT2D eigenvalue weighted by Gasteiger charge is 2.20. The van der Waals surface area contributed by atoms with Crippen LogP contribution in [0.25, 0.3) is 11.3 Å². The Kier molecular flexibility index (Phi) is 4.21. The van der Waals surface area contributed by atoms with Crippen LogP contribution in [-0.4, -0.2) is 16.1 Å². The highest BCUT2D eigenvalue weighted by atomic mass is 35.5. The van der Waals surface area contributed by atoms with Crippen LogP contribution in [0.5, 0.6) is 0 Å². The minimum atomic E-state index is -1.16. The van der Waals surface area contributed by atoms with Crippen molar-refractivity contribution in [3.63, 3.8) is 0 Å². The SMILES string of the molecule is O=C(O)c1ccnc(-c2c(Cl)ccc(Cl)c2Cl)c1Cl. The lowest BCUT2D eigenvalue weighted by molar-refractivity contribution is 0.0697. The lowest BCUT2D eigenvalue weighted by atomic mass is 10.1. The van der Waals surface area contributed by atoms with Gasteiger partial charge in [0.05, 0.1) is 31.3 Å². The first-order chi connectivity index (χ1) is 8.93. The summed E-state index contributed by atoms with van der Waals surface area (Å²) in [5, 5.41) is 9.72. The third kappa shape index (κ3) is 2.65. The quantitative estimate of drug-likeness (QED) is 0.780. The molecule has 19 heavy (non-hydrogen) atoms. The summed E-state index contributed by atoms with van der Waals surface area (Å²) >= 11 is 24.1. The fourth-order valence-electron chi connectivity index (χ4n) is 1.53. The van der Waals surface area contributed by atoms with Crippen molar-refractivity contribution < 1.29 is 9.90 Å². The molecule has 0 radical (unpaired) electrons. The first kappa shape index (κ1) is 14.4. The molecule has 1 N–H and O–H groups in total. The number of aromatic nitrogens is 1. The number of halogens is 4. The van der Waals surface area contributed by atoms with Gasteiger partial charge in [-0.1, -0.05) is 46.4 Å². The first-order valence-electron chi connectivity index (χ1n) is 4.95. The molecular formula is C12H5Cl4NO2. The highest BCUT2D eigenvalue weighted by Crippen LogP contribution is 2.41. The maximum atomic E-state index is 11.0. The molecular weight excluding hydrogens is 332 g/mol. The third-order valence-corrected chi connectivity index (χ3v) is 3.90. The van der Waals surface area contributed by atoms with E-state index in [-0.39, 0.29) is 31.3 Å². The lowest BCUT2D eigenvalue weighted by Gasteiger charge is -2.10. The smallest absolute Gasteiger partial charge is 0.337 e. The fourth-order valence-corrected chi connectivity index (χ4v) is 2.52. The largest absolute Gasteiger partial charge is 0.478 e. The lowest BCUT2D eigenvalue weighted by Crippen LogP contribution is -2.00. The van der Waals surface area contributed by atoms with Crippen LogP contribution in [0.15, 0.2) is 24.4 Å². The Balaban J connectivity index is 2.77. The van der Waals surface area contributed by atoms with E-state index in [2.05, 4.69) is 4.98 Å². The summed E-state index contributed by atoms with van der Waals surface area (Å²) in [6.45, 7) is 0.